The monoisotopic (exact) mass is 288 g/mol. The van der Waals surface area contributed by atoms with Gasteiger partial charge in [0, 0.05) is 25.7 Å². The van der Waals surface area contributed by atoms with Crippen molar-refractivity contribution in [3.8, 4) is 0 Å². The fraction of sp³-hybridized carbons (Fsp3) is 0.375. The van der Waals surface area contributed by atoms with E-state index in [-0.39, 0.29) is 11.5 Å². The van der Waals surface area contributed by atoms with E-state index in [1.54, 1.807) is 24.3 Å². The first-order valence-electron chi connectivity index (χ1n) is 7.05. The van der Waals surface area contributed by atoms with Gasteiger partial charge in [0.05, 0.1) is 5.56 Å². The Hall–Kier alpha value is -2.14. The molecule has 0 bridgehead atoms. The van der Waals surface area contributed by atoms with Crippen LogP contribution in [0.25, 0.3) is 6.08 Å². The lowest BCUT2D eigenvalue weighted by Crippen LogP contribution is -2.33. The molecule has 0 spiro atoms. The maximum Gasteiger partial charge on any atom is 0.335 e. The zero-order valence-electron chi connectivity index (χ0n) is 12.2. The van der Waals surface area contributed by atoms with Gasteiger partial charge in [0.25, 0.3) is 0 Å². The Morgan fingerprint density at radius 3 is 2.48 bits per heavy atom. The molecule has 1 amide bonds. The third-order valence-corrected chi connectivity index (χ3v) is 3.61. The van der Waals surface area contributed by atoms with Crippen molar-refractivity contribution >= 4 is 18.0 Å². The normalized spacial score (nSPS) is 16.9. The van der Waals surface area contributed by atoms with Crippen molar-refractivity contribution in [2.45, 2.75) is 6.42 Å². The summed E-state index contributed by atoms with van der Waals surface area (Å²) in [5.74, 6) is -0.942. The first-order chi connectivity index (χ1) is 10.1. The van der Waals surface area contributed by atoms with Crippen molar-refractivity contribution in [3.63, 3.8) is 0 Å². The van der Waals surface area contributed by atoms with E-state index >= 15 is 0 Å². The second-order valence-electron chi connectivity index (χ2n) is 5.24. The fourth-order valence-corrected chi connectivity index (χ4v) is 2.28. The molecule has 5 nitrogen and oxygen atoms in total. The Bertz CT molecular complexity index is 537. The molecule has 0 atom stereocenters. The number of hydrogen-bond donors (Lipinski definition) is 1. The molecule has 21 heavy (non-hydrogen) atoms. The molecule has 0 saturated carbocycles. The molecular formula is C16H20N2O3. The Balaban J connectivity index is 1.96. The molecule has 1 heterocycles. The molecule has 112 valence electrons. The minimum absolute atomic E-state index is 0.00705. The van der Waals surface area contributed by atoms with Gasteiger partial charge in [0.2, 0.25) is 5.91 Å². The molecular weight excluding hydrogens is 268 g/mol. The number of aromatic carboxylic acids is 1. The van der Waals surface area contributed by atoms with Crippen LogP contribution in [-0.4, -0.2) is 60.0 Å². The molecule has 1 fully saturated rings. The van der Waals surface area contributed by atoms with Gasteiger partial charge in [-0.15, -0.1) is 0 Å². The smallest absolute Gasteiger partial charge is 0.335 e. The van der Waals surface area contributed by atoms with Crippen LogP contribution in [0.1, 0.15) is 22.3 Å². The largest absolute Gasteiger partial charge is 0.478 e. The van der Waals surface area contributed by atoms with Crippen LogP contribution in [-0.2, 0) is 4.79 Å². The van der Waals surface area contributed by atoms with Crippen molar-refractivity contribution in [2.24, 2.45) is 0 Å². The molecule has 1 aromatic carbocycles. The number of amides is 1. The van der Waals surface area contributed by atoms with Gasteiger partial charge in [-0.25, -0.2) is 4.79 Å². The van der Waals surface area contributed by atoms with E-state index in [0.29, 0.717) is 0 Å². The van der Waals surface area contributed by atoms with E-state index in [9.17, 15) is 9.59 Å². The van der Waals surface area contributed by atoms with Crippen LogP contribution in [0.2, 0.25) is 0 Å². The Labute approximate surface area is 124 Å². The number of rotatable bonds is 3. The summed E-state index contributed by atoms with van der Waals surface area (Å²) < 4.78 is 0. The van der Waals surface area contributed by atoms with Crippen molar-refractivity contribution in [1.29, 1.82) is 0 Å². The zero-order valence-corrected chi connectivity index (χ0v) is 12.2. The van der Waals surface area contributed by atoms with Crippen molar-refractivity contribution < 1.29 is 14.7 Å². The van der Waals surface area contributed by atoms with Crippen molar-refractivity contribution in [3.05, 3.63) is 41.5 Å². The molecule has 1 saturated heterocycles. The maximum absolute atomic E-state index is 12.1. The van der Waals surface area contributed by atoms with Crippen LogP contribution < -0.4 is 0 Å². The van der Waals surface area contributed by atoms with E-state index in [0.717, 1.165) is 38.2 Å². The number of hydrogen-bond acceptors (Lipinski definition) is 3. The van der Waals surface area contributed by atoms with Gasteiger partial charge < -0.3 is 14.9 Å². The number of nitrogens with zero attached hydrogens (tertiary/aromatic N) is 2. The Kier molecular flexibility index (Phi) is 5.11. The second-order valence-corrected chi connectivity index (χ2v) is 5.24. The number of benzene rings is 1. The van der Waals surface area contributed by atoms with E-state index in [1.807, 2.05) is 4.90 Å². The second kappa shape index (κ2) is 7.04. The van der Waals surface area contributed by atoms with E-state index in [1.165, 1.54) is 12.1 Å². The highest BCUT2D eigenvalue weighted by Crippen LogP contribution is 2.08. The molecule has 0 aromatic heterocycles. The third-order valence-electron chi connectivity index (χ3n) is 3.61. The maximum atomic E-state index is 12.1. The SMILES string of the molecule is CN1CCCN(C(=O)C=Cc2ccc(C(=O)O)cc2)CC1. The van der Waals surface area contributed by atoms with Crippen LogP contribution in [0.15, 0.2) is 30.3 Å². The average Bonchev–Trinajstić information content (AvgIpc) is 2.70. The van der Waals surface area contributed by atoms with Crippen molar-refractivity contribution in [1.82, 2.24) is 9.80 Å². The standard InChI is InChI=1S/C16H20N2O3/c1-17-9-2-10-18(12-11-17)15(19)8-5-13-3-6-14(7-4-13)16(20)21/h3-8H,2,9-12H2,1H3,(H,20,21). The quantitative estimate of drug-likeness (QED) is 0.858. The lowest BCUT2D eigenvalue weighted by Gasteiger charge is -2.18. The highest BCUT2D eigenvalue weighted by molar-refractivity contribution is 5.92. The molecule has 1 aliphatic heterocycles. The van der Waals surface area contributed by atoms with Crippen LogP contribution >= 0.6 is 0 Å². The number of carbonyl (C=O) groups excluding carboxylic acids is 1. The molecule has 0 unspecified atom stereocenters. The summed E-state index contributed by atoms with van der Waals surface area (Å²) in [6.07, 6.45) is 4.27. The fourth-order valence-electron chi connectivity index (χ4n) is 2.28. The first kappa shape index (κ1) is 15.3. The van der Waals surface area contributed by atoms with E-state index < -0.39 is 5.97 Å². The van der Waals surface area contributed by atoms with Gasteiger partial charge in [-0.2, -0.15) is 0 Å². The number of likely N-dealkylation sites (N-methyl/N-ethyl adjacent to an activating group) is 1. The summed E-state index contributed by atoms with van der Waals surface area (Å²) >= 11 is 0. The average molecular weight is 288 g/mol. The zero-order chi connectivity index (χ0) is 15.2. The molecule has 5 heteroatoms. The predicted molar refractivity (Wildman–Crippen MR) is 81.1 cm³/mol. The molecule has 1 aliphatic rings. The molecule has 1 aromatic rings. The first-order valence-corrected chi connectivity index (χ1v) is 7.05. The lowest BCUT2D eigenvalue weighted by atomic mass is 10.1. The highest BCUT2D eigenvalue weighted by atomic mass is 16.4. The van der Waals surface area contributed by atoms with Crippen LogP contribution in [0, 0.1) is 0 Å². The van der Waals surface area contributed by atoms with E-state index in [4.69, 9.17) is 5.11 Å². The van der Waals surface area contributed by atoms with Gasteiger partial charge in [0.1, 0.15) is 0 Å². The van der Waals surface area contributed by atoms with Gasteiger partial charge in [-0.05, 0) is 43.8 Å². The van der Waals surface area contributed by atoms with Gasteiger partial charge in [-0.1, -0.05) is 12.1 Å². The minimum atomic E-state index is -0.949. The third kappa shape index (κ3) is 4.43. The highest BCUT2D eigenvalue weighted by Gasteiger charge is 2.15. The van der Waals surface area contributed by atoms with Crippen molar-refractivity contribution in [2.75, 3.05) is 33.2 Å². The van der Waals surface area contributed by atoms with Crippen LogP contribution in [0.5, 0.6) is 0 Å². The number of carboxylic acid groups (broad SMARTS) is 1. The van der Waals surface area contributed by atoms with Crippen LogP contribution in [0.3, 0.4) is 0 Å². The molecule has 1 N–H and O–H groups in total. The summed E-state index contributed by atoms with van der Waals surface area (Å²) in [6, 6.07) is 6.47. The van der Waals surface area contributed by atoms with E-state index in [2.05, 4.69) is 11.9 Å². The Morgan fingerprint density at radius 2 is 1.81 bits per heavy atom. The minimum Gasteiger partial charge on any atom is -0.478 e. The molecule has 0 radical (unpaired) electrons. The van der Waals surface area contributed by atoms with Gasteiger partial charge in [0.15, 0.2) is 0 Å². The summed E-state index contributed by atoms with van der Waals surface area (Å²) in [5, 5.41) is 8.83. The summed E-state index contributed by atoms with van der Waals surface area (Å²) in [5.41, 5.74) is 1.06. The number of carbonyl (C=O) groups is 2. The predicted octanol–water partition coefficient (Wildman–Crippen LogP) is 1.56. The summed E-state index contributed by atoms with van der Waals surface area (Å²) in [7, 11) is 2.06. The summed E-state index contributed by atoms with van der Waals surface area (Å²) in [6.45, 7) is 3.44. The molecule has 2 rings (SSSR count). The molecule has 0 aliphatic carbocycles. The Morgan fingerprint density at radius 1 is 1.10 bits per heavy atom. The van der Waals surface area contributed by atoms with Gasteiger partial charge in [-0.3, -0.25) is 4.79 Å². The number of carboxylic acids is 1. The lowest BCUT2D eigenvalue weighted by molar-refractivity contribution is -0.125. The van der Waals surface area contributed by atoms with Gasteiger partial charge >= 0.3 is 5.97 Å². The topological polar surface area (TPSA) is 60.9 Å². The summed E-state index contributed by atoms with van der Waals surface area (Å²) in [4.78, 5) is 27.0. The van der Waals surface area contributed by atoms with Crippen LogP contribution in [0.4, 0.5) is 0 Å².